The molecule has 0 saturated carbocycles. The van der Waals surface area contributed by atoms with Crippen molar-refractivity contribution in [1.29, 1.82) is 0 Å². The molecule has 108 valence electrons. The van der Waals surface area contributed by atoms with Gasteiger partial charge in [-0.25, -0.2) is 10.2 Å². The van der Waals surface area contributed by atoms with Crippen molar-refractivity contribution < 1.29 is 4.79 Å². The lowest BCUT2D eigenvalue weighted by Crippen LogP contribution is -2.25. The van der Waals surface area contributed by atoms with Crippen LogP contribution >= 0.6 is 22.6 Å². The van der Waals surface area contributed by atoms with Crippen molar-refractivity contribution in [3.8, 4) is 0 Å². The molecule has 21 heavy (non-hydrogen) atoms. The lowest BCUT2D eigenvalue weighted by atomic mass is 10.1. The number of halogens is 1. The molecule has 0 aliphatic carbocycles. The number of rotatable bonds is 3. The number of benzene rings is 2. The largest absolute Gasteiger partial charge is 0.339 e. The van der Waals surface area contributed by atoms with Gasteiger partial charge in [-0.05, 0) is 65.3 Å². The first kappa shape index (κ1) is 15.5. The fourth-order valence-corrected chi connectivity index (χ4v) is 2.23. The molecule has 2 N–H and O–H groups in total. The molecule has 0 fully saturated rings. The standard InChI is InChI=1S/C16H16IN3O/c1-11-4-3-5-12(2)15(11)19-16(21)20-18-10-13-6-8-14(17)9-7-13/h3-10H,1-2H3,(H2,19,20,21)/b18-10+. The van der Waals surface area contributed by atoms with Crippen molar-refractivity contribution in [2.75, 3.05) is 5.32 Å². The number of aryl methyl sites for hydroxylation is 2. The van der Waals surface area contributed by atoms with Crippen LogP contribution in [0.15, 0.2) is 47.6 Å². The molecule has 0 aliphatic heterocycles. The van der Waals surface area contributed by atoms with Gasteiger partial charge in [-0.2, -0.15) is 5.10 Å². The molecule has 0 heterocycles. The molecule has 2 rings (SSSR count). The number of carbonyl (C=O) groups is 1. The topological polar surface area (TPSA) is 53.5 Å². The third-order valence-electron chi connectivity index (χ3n) is 2.97. The maximum Gasteiger partial charge on any atom is 0.339 e. The number of hydrogen-bond donors (Lipinski definition) is 2. The molecule has 0 radical (unpaired) electrons. The Labute approximate surface area is 137 Å². The first-order chi connectivity index (χ1) is 10.1. The molecule has 0 aromatic heterocycles. The van der Waals surface area contributed by atoms with E-state index in [4.69, 9.17) is 0 Å². The summed E-state index contributed by atoms with van der Waals surface area (Å²) >= 11 is 2.24. The Bertz CT molecular complexity index is 645. The number of amides is 2. The van der Waals surface area contributed by atoms with Gasteiger partial charge < -0.3 is 5.32 Å². The van der Waals surface area contributed by atoms with Crippen LogP contribution in [0.5, 0.6) is 0 Å². The fourth-order valence-electron chi connectivity index (χ4n) is 1.87. The molecular formula is C16H16IN3O. The highest BCUT2D eigenvalue weighted by molar-refractivity contribution is 14.1. The summed E-state index contributed by atoms with van der Waals surface area (Å²) in [6.45, 7) is 3.91. The van der Waals surface area contributed by atoms with Gasteiger partial charge >= 0.3 is 6.03 Å². The monoisotopic (exact) mass is 393 g/mol. The van der Waals surface area contributed by atoms with Gasteiger partial charge in [-0.15, -0.1) is 0 Å². The normalized spacial score (nSPS) is 10.6. The second-order valence-electron chi connectivity index (χ2n) is 4.64. The van der Waals surface area contributed by atoms with Crippen LogP contribution in [0.4, 0.5) is 10.5 Å². The summed E-state index contributed by atoms with van der Waals surface area (Å²) < 4.78 is 1.16. The van der Waals surface area contributed by atoms with Crippen molar-refractivity contribution in [1.82, 2.24) is 5.43 Å². The van der Waals surface area contributed by atoms with E-state index in [1.54, 1.807) is 6.21 Å². The summed E-state index contributed by atoms with van der Waals surface area (Å²) in [4.78, 5) is 11.8. The summed E-state index contributed by atoms with van der Waals surface area (Å²) in [5.41, 5.74) is 6.26. The van der Waals surface area contributed by atoms with Crippen molar-refractivity contribution in [3.63, 3.8) is 0 Å². The number of para-hydroxylation sites is 1. The van der Waals surface area contributed by atoms with Crippen LogP contribution in [0.25, 0.3) is 0 Å². The summed E-state index contributed by atoms with van der Waals surface area (Å²) in [7, 11) is 0. The Morgan fingerprint density at radius 1 is 1.10 bits per heavy atom. The maximum absolute atomic E-state index is 11.8. The number of hydrazone groups is 1. The van der Waals surface area contributed by atoms with Crippen LogP contribution in [0.1, 0.15) is 16.7 Å². The zero-order valence-electron chi connectivity index (χ0n) is 11.9. The number of nitrogens with zero attached hydrogens (tertiary/aromatic N) is 1. The summed E-state index contributed by atoms with van der Waals surface area (Å²) in [6.07, 6.45) is 1.61. The van der Waals surface area contributed by atoms with Crippen LogP contribution in [0.3, 0.4) is 0 Å². The van der Waals surface area contributed by atoms with Crippen LogP contribution in [-0.2, 0) is 0 Å². The van der Waals surface area contributed by atoms with Gasteiger partial charge in [0.1, 0.15) is 0 Å². The highest BCUT2D eigenvalue weighted by Crippen LogP contribution is 2.18. The smallest absolute Gasteiger partial charge is 0.306 e. The molecule has 2 aromatic carbocycles. The van der Waals surface area contributed by atoms with Crippen molar-refractivity contribution in [2.24, 2.45) is 5.10 Å². The van der Waals surface area contributed by atoms with E-state index >= 15 is 0 Å². The molecule has 0 bridgehead atoms. The Morgan fingerprint density at radius 2 is 1.71 bits per heavy atom. The van der Waals surface area contributed by atoms with E-state index in [1.165, 1.54) is 0 Å². The molecule has 5 heteroatoms. The molecule has 2 aromatic rings. The minimum absolute atomic E-state index is 0.353. The van der Waals surface area contributed by atoms with E-state index in [9.17, 15) is 4.79 Å². The third kappa shape index (κ3) is 4.56. The number of hydrogen-bond acceptors (Lipinski definition) is 2. The maximum atomic E-state index is 11.8. The Morgan fingerprint density at radius 3 is 2.33 bits per heavy atom. The minimum Gasteiger partial charge on any atom is -0.306 e. The highest BCUT2D eigenvalue weighted by Gasteiger charge is 2.05. The van der Waals surface area contributed by atoms with Crippen molar-refractivity contribution in [2.45, 2.75) is 13.8 Å². The van der Waals surface area contributed by atoms with E-state index in [2.05, 4.69) is 38.4 Å². The van der Waals surface area contributed by atoms with E-state index in [1.807, 2.05) is 56.3 Å². The Balaban J connectivity index is 1.95. The Kier molecular flexibility index (Phi) is 5.32. The van der Waals surface area contributed by atoms with Crippen LogP contribution in [-0.4, -0.2) is 12.2 Å². The van der Waals surface area contributed by atoms with Gasteiger partial charge in [0.2, 0.25) is 0 Å². The van der Waals surface area contributed by atoms with E-state index in [0.717, 1.165) is 25.9 Å². The molecule has 0 aliphatic rings. The van der Waals surface area contributed by atoms with Gasteiger partial charge in [-0.1, -0.05) is 30.3 Å². The van der Waals surface area contributed by atoms with E-state index in [-0.39, 0.29) is 6.03 Å². The van der Waals surface area contributed by atoms with Gasteiger partial charge in [0.05, 0.1) is 6.21 Å². The average Bonchev–Trinajstić information content (AvgIpc) is 2.45. The number of anilines is 1. The quantitative estimate of drug-likeness (QED) is 0.461. The second kappa shape index (κ2) is 7.21. The lowest BCUT2D eigenvalue weighted by molar-refractivity contribution is 0.252. The molecular weight excluding hydrogens is 377 g/mol. The highest BCUT2D eigenvalue weighted by atomic mass is 127. The molecule has 0 saturated heterocycles. The summed E-state index contributed by atoms with van der Waals surface area (Å²) in [6, 6.07) is 13.4. The number of carbonyl (C=O) groups excluding carboxylic acids is 1. The average molecular weight is 393 g/mol. The molecule has 2 amide bonds. The zero-order chi connectivity index (χ0) is 15.2. The first-order valence-electron chi connectivity index (χ1n) is 6.48. The van der Waals surface area contributed by atoms with Crippen LogP contribution in [0, 0.1) is 17.4 Å². The first-order valence-corrected chi connectivity index (χ1v) is 7.56. The van der Waals surface area contributed by atoms with Crippen molar-refractivity contribution >= 4 is 40.5 Å². The van der Waals surface area contributed by atoms with Crippen LogP contribution < -0.4 is 10.7 Å². The number of urea groups is 1. The predicted molar refractivity (Wildman–Crippen MR) is 94.8 cm³/mol. The predicted octanol–water partition coefficient (Wildman–Crippen LogP) is 4.06. The van der Waals surface area contributed by atoms with Gasteiger partial charge in [-0.3, -0.25) is 0 Å². The van der Waals surface area contributed by atoms with Gasteiger partial charge in [0, 0.05) is 9.26 Å². The van der Waals surface area contributed by atoms with Crippen LogP contribution in [0.2, 0.25) is 0 Å². The summed E-state index contributed by atoms with van der Waals surface area (Å²) in [5, 5.41) is 6.75. The second-order valence-corrected chi connectivity index (χ2v) is 5.89. The molecule has 0 atom stereocenters. The minimum atomic E-state index is -0.353. The Hall–Kier alpha value is -1.89. The van der Waals surface area contributed by atoms with Gasteiger partial charge in [0.25, 0.3) is 0 Å². The summed E-state index contributed by atoms with van der Waals surface area (Å²) in [5.74, 6) is 0. The van der Waals surface area contributed by atoms with E-state index < -0.39 is 0 Å². The SMILES string of the molecule is Cc1cccc(C)c1NC(=O)N/N=C/c1ccc(I)cc1. The third-order valence-corrected chi connectivity index (χ3v) is 3.69. The lowest BCUT2D eigenvalue weighted by Gasteiger charge is -2.10. The fraction of sp³-hybridized carbons (Fsp3) is 0.125. The van der Waals surface area contributed by atoms with E-state index in [0.29, 0.717) is 0 Å². The molecule has 0 spiro atoms. The zero-order valence-corrected chi connectivity index (χ0v) is 14.0. The molecule has 0 unspecified atom stereocenters. The number of nitrogens with one attached hydrogen (secondary N) is 2. The van der Waals surface area contributed by atoms with Gasteiger partial charge in [0.15, 0.2) is 0 Å². The van der Waals surface area contributed by atoms with Crippen molar-refractivity contribution in [3.05, 3.63) is 62.7 Å². The molecule has 4 nitrogen and oxygen atoms in total.